The number of hydrogen-bond donors (Lipinski definition) is 2. The summed E-state index contributed by atoms with van der Waals surface area (Å²) < 4.78 is 32.5. The van der Waals surface area contributed by atoms with E-state index in [2.05, 4.69) is 17.0 Å². The van der Waals surface area contributed by atoms with Crippen LogP contribution in [-0.2, 0) is 21.3 Å². The lowest BCUT2D eigenvalue weighted by molar-refractivity contribution is 0.136. The van der Waals surface area contributed by atoms with Crippen LogP contribution in [0.3, 0.4) is 0 Å². The zero-order valence-corrected chi connectivity index (χ0v) is 14.6. The molecule has 1 aromatic heterocycles. The van der Waals surface area contributed by atoms with Crippen molar-refractivity contribution in [2.45, 2.75) is 51.1 Å². The molecule has 122 valence electrons. The molecule has 0 saturated carbocycles. The van der Waals surface area contributed by atoms with Gasteiger partial charge in [-0.2, -0.15) is 0 Å². The van der Waals surface area contributed by atoms with Crippen molar-refractivity contribution in [3.8, 4) is 0 Å². The molecule has 7 heteroatoms. The predicted molar refractivity (Wildman–Crippen MR) is 87.2 cm³/mol. The number of thiophene rings is 1. The Morgan fingerprint density at radius 3 is 2.76 bits per heavy atom. The minimum atomic E-state index is -3.45. The third-order valence-electron chi connectivity index (χ3n) is 2.85. The number of sulfonamides is 1. The monoisotopic (exact) mass is 334 g/mol. The second-order valence-corrected chi connectivity index (χ2v) is 7.84. The summed E-state index contributed by atoms with van der Waals surface area (Å²) in [4.78, 5) is 1.21. The average Bonchev–Trinajstić information content (AvgIpc) is 2.89. The molecule has 0 aliphatic carbocycles. The molecule has 0 spiro atoms. The van der Waals surface area contributed by atoms with Gasteiger partial charge in [-0.3, -0.25) is 0 Å². The van der Waals surface area contributed by atoms with Crippen LogP contribution >= 0.6 is 11.3 Å². The minimum absolute atomic E-state index is 0.305. The molecule has 21 heavy (non-hydrogen) atoms. The summed E-state index contributed by atoms with van der Waals surface area (Å²) in [7, 11) is -3.45. The summed E-state index contributed by atoms with van der Waals surface area (Å²) in [5.74, 6) is 0. The van der Waals surface area contributed by atoms with E-state index in [0.29, 0.717) is 37.2 Å². The Labute approximate surface area is 132 Å². The van der Waals surface area contributed by atoms with Gasteiger partial charge < -0.3 is 10.1 Å². The van der Waals surface area contributed by atoms with Gasteiger partial charge in [0.2, 0.25) is 10.0 Å². The van der Waals surface area contributed by atoms with E-state index in [1.165, 1.54) is 11.3 Å². The van der Waals surface area contributed by atoms with Crippen molar-refractivity contribution in [3.63, 3.8) is 0 Å². The van der Waals surface area contributed by atoms with Crippen LogP contribution in [0, 0.1) is 0 Å². The van der Waals surface area contributed by atoms with Gasteiger partial charge in [0.1, 0.15) is 0 Å². The first-order chi connectivity index (χ1) is 9.97. The number of unbranched alkanes of at least 4 members (excludes halogenated alkanes) is 1. The maximum absolute atomic E-state index is 12.3. The zero-order valence-electron chi connectivity index (χ0n) is 13.0. The second kappa shape index (κ2) is 9.53. The molecule has 0 saturated heterocycles. The van der Waals surface area contributed by atoms with E-state index in [9.17, 15) is 8.42 Å². The molecule has 1 aromatic rings. The number of hydrogen-bond acceptors (Lipinski definition) is 5. The number of rotatable bonds is 11. The van der Waals surface area contributed by atoms with Crippen molar-refractivity contribution in [3.05, 3.63) is 16.3 Å². The fourth-order valence-electron chi connectivity index (χ4n) is 1.67. The number of ether oxygens (including phenoxy) is 1. The van der Waals surface area contributed by atoms with E-state index in [4.69, 9.17) is 4.74 Å². The van der Waals surface area contributed by atoms with Crippen molar-refractivity contribution in [1.82, 2.24) is 10.0 Å². The van der Waals surface area contributed by atoms with Crippen LogP contribution in [0.5, 0.6) is 0 Å². The van der Waals surface area contributed by atoms with Crippen LogP contribution in [0.4, 0.5) is 0 Å². The van der Waals surface area contributed by atoms with E-state index in [0.717, 1.165) is 17.7 Å². The molecule has 0 bridgehead atoms. The summed E-state index contributed by atoms with van der Waals surface area (Å²) in [5.41, 5.74) is 0. The predicted octanol–water partition coefficient (Wildman–Crippen LogP) is 2.34. The van der Waals surface area contributed by atoms with Gasteiger partial charge >= 0.3 is 0 Å². The topological polar surface area (TPSA) is 67.4 Å². The average molecular weight is 335 g/mol. The van der Waals surface area contributed by atoms with Gasteiger partial charge in [0.25, 0.3) is 0 Å². The zero-order chi connectivity index (χ0) is 15.7. The molecule has 2 N–H and O–H groups in total. The van der Waals surface area contributed by atoms with Crippen molar-refractivity contribution in [2.24, 2.45) is 0 Å². The standard InChI is InChI=1S/C14H26N2O3S2/c1-4-5-8-19-9-7-16-21(17,18)14-6-10-20-13(14)11-15-12(2)3/h6,10,12,15-16H,4-5,7-9,11H2,1-3H3. The lowest BCUT2D eigenvalue weighted by Gasteiger charge is -2.10. The van der Waals surface area contributed by atoms with Crippen LogP contribution in [0.2, 0.25) is 0 Å². The summed E-state index contributed by atoms with van der Waals surface area (Å²) in [6, 6.07) is 1.98. The molecule has 1 heterocycles. The van der Waals surface area contributed by atoms with Crippen molar-refractivity contribution < 1.29 is 13.2 Å². The molecule has 0 aromatic carbocycles. The van der Waals surface area contributed by atoms with Crippen molar-refractivity contribution >= 4 is 21.4 Å². The Morgan fingerprint density at radius 1 is 1.33 bits per heavy atom. The maximum Gasteiger partial charge on any atom is 0.241 e. The number of nitrogens with one attached hydrogen (secondary N) is 2. The van der Waals surface area contributed by atoms with Crippen molar-refractivity contribution in [1.29, 1.82) is 0 Å². The Balaban J connectivity index is 2.48. The van der Waals surface area contributed by atoms with E-state index in [1.54, 1.807) is 6.07 Å². The summed E-state index contributed by atoms with van der Waals surface area (Å²) >= 11 is 1.46. The highest BCUT2D eigenvalue weighted by molar-refractivity contribution is 7.89. The SMILES string of the molecule is CCCCOCCNS(=O)(=O)c1ccsc1CNC(C)C. The first-order valence-corrected chi connectivity index (χ1v) is 9.70. The Hall–Kier alpha value is -0.470. The fraction of sp³-hybridized carbons (Fsp3) is 0.714. The maximum atomic E-state index is 12.3. The first kappa shape index (κ1) is 18.6. The van der Waals surface area contributed by atoms with Crippen LogP contribution in [0.25, 0.3) is 0 Å². The third kappa shape index (κ3) is 6.88. The van der Waals surface area contributed by atoms with Gasteiger partial charge in [0.05, 0.1) is 11.5 Å². The second-order valence-electron chi connectivity index (χ2n) is 5.11. The molecule has 0 unspecified atom stereocenters. The van der Waals surface area contributed by atoms with Crippen molar-refractivity contribution in [2.75, 3.05) is 19.8 Å². The van der Waals surface area contributed by atoms with E-state index < -0.39 is 10.0 Å². The van der Waals surface area contributed by atoms with Gasteiger partial charge in [0, 0.05) is 30.6 Å². The molecule has 0 aliphatic heterocycles. The molecule has 0 atom stereocenters. The summed E-state index contributed by atoms with van der Waals surface area (Å²) in [6.07, 6.45) is 2.08. The molecule has 0 radical (unpaired) electrons. The third-order valence-corrected chi connectivity index (χ3v) is 5.44. The largest absolute Gasteiger partial charge is 0.380 e. The first-order valence-electron chi connectivity index (χ1n) is 7.34. The van der Waals surface area contributed by atoms with Gasteiger partial charge in [-0.15, -0.1) is 11.3 Å². The van der Waals surface area contributed by atoms with Crippen LogP contribution in [-0.4, -0.2) is 34.2 Å². The minimum Gasteiger partial charge on any atom is -0.380 e. The van der Waals surface area contributed by atoms with E-state index in [-0.39, 0.29) is 0 Å². The molecule has 0 amide bonds. The summed E-state index contributed by atoms with van der Waals surface area (Å²) in [6.45, 7) is 8.12. The van der Waals surface area contributed by atoms with E-state index >= 15 is 0 Å². The van der Waals surface area contributed by atoms with Gasteiger partial charge in [-0.05, 0) is 17.9 Å². The highest BCUT2D eigenvalue weighted by Crippen LogP contribution is 2.21. The highest BCUT2D eigenvalue weighted by Gasteiger charge is 2.19. The molecule has 0 fully saturated rings. The van der Waals surface area contributed by atoms with Crippen LogP contribution < -0.4 is 10.0 Å². The van der Waals surface area contributed by atoms with E-state index in [1.807, 2.05) is 19.2 Å². The molecule has 5 nitrogen and oxygen atoms in total. The van der Waals surface area contributed by atoms with Gasteiger partial charge in [-0.1, -0.05) is 27.2 Å². The Morgan fingerprint density at radius 2 is 2.10 bits per heavy atom. The Bertz CT molecular complexity index is 498. The van der Waals surface area contributed by atoms with Crippen LogP contribution in [0.1, 0.15) is 38.5 Å². The lowest BCUT2D eigenvalue weighted by Crippen LogP contribution is -2.29. The smallest absolute Gasteiger partial charge is 0.241 e. The molecule has 1 rings (SSSR count). The quantitative estimate of drug-likeness (QED) is 0.610. The normalized spacial score (nSPS) is 12.2. The lowest BCUT2D eigenvalue weighted by atomic mass is 10.4. The molecular weight excluding hydrogens is 308 g/mol. The summed E-state index contributed by atoms with van der Waals surface area (Å²) in [5, 5.41) is 5.05. The molecular formula is C14H26N2O3S2. The molecule has 0 aliphatic rings. The van der Waals surface area contributed by atoms with Crippen LogP contribution in [0.15, 0.2) is 16.3 Å². The Kier molecular flexibility index (Phi) is 8.43. The fourth-order valence-corrected chi connectivity index (χ4v) is 4.07. The highest BCUT2D eigenvalue weighted by atomic mass is 32.2. The van der Waals surface area contributed by atoms with Gasteiger partial charge in [0.15, 0.2) is 0 Å². The van der Waals surface area contributed by atoms with Gasteiger partial charge in [-0.25, -0.2) is 13.1 Å².